The molecule has 0 saturated heterocycles. The van der Waals surface area contributed by atoms with Crippen molar-refractivity contribution in [2.45, 2.75) is 6.42 Å². The van der Waals surface area contributed by atoms with Gasteiger partial charge in [-0.2, -0.15) is 0 Å². The zero-order valence-corrected chi connectivity index (χ0v) is 11.8. The van der Waals surface area contributed by atoms with Crippen LogP contribution in [0, 0.1) is 5.82 Å². The zero-order chi connectivity index (χ0) is 15.5. The number of carbonyl (C=O) groups excluding carboxylic acids is 1. The first kappa shape index (κ1) is 14.1. The molecule has 22 heavy (non-hydrogen) atoms. The predicted molar refractivity (Wildman–Crippen MR) is 82.9 cm³/mol. The smallest absolute Gasteiger partial charge is 0.253 e. The highest BCUT2D eigenvalue weighted by molar-refractivity contribution is 5.99. The average Bonchev–Trinajstić information content (AvgIpc) is 2.92. The summed E-state index contributed by atoms with van der Waals surface area (Å²) in [6.07, 6.45) is 0.551. The van der Waals surface area contributed by atoms with Crippen LogP contribution in [0.1, 0.15) is 16.2 Å². The molecule has 0 atom stereocenters. The normalized spacial score (nSPS) is 10.8. The first-order chi connectivity index (χ1) is 10.6. The number of imidazole rings is 1. The lowest BCUT2D eigenvalue weighted by Crippen LogP contribution is -2.27. The summed E-state index contributed by atoms with van der Waals surface area (Å²) in [5.74, 6) is -0.202. The number of benzene rings is 2. The molecule has 4 N–H and O–H groups in total. The number of carbonyl (C=O) groups is 1. The molecule has 0 radical (unpaired) electrons. The molecule has 3 rings (SSSR count). The van der Waals surface area contributed by atoms with E-state index in [1.54, 1.807) is 0 Å². The fraction of sp³-hybridized carbons (Fsp3) is 0.125. The van der Waals surface area contributed by atoms with Crippen LogP contribution in [0.4, 0.5) is 10.1 Å². The number of halogens is 1. The number of nitrogens with zero attached hydrogens (tertiary/aromatic N) is 1. The second kappa shape index (κ2) is 5.85. The van der Waals surface area contributed by atoms with E-state index < -0.39 is 11.7 Å². The average molecular weight is 298 g/mol. The minimum atomic E-state index is -0.593. The van der Waals surface area contributed by atoms with E-state index in [0.29, 0.717) is 13.0 Å². The zero-order valence-electron chi connectivity index (χ0n) is 11.8. The van der Waals surface area contributed by atoms with Crippen molar-refractivity contribution in [3.63, 3.8) is 0 Å². The van der Waals surface area contributed by atoms with Crippen LogP contribution >= 0.6 is 0 Å². The standard InChI is InChI=1S/C16H15FN4O/c17-11-5-3-4-10(15(11)18)16(22)19-9-8-14-20-12-6-1-2-7-13(12)21-14/h1-7H,8-9,18H2,(H,19,22)(H,20,21). The second-order valence-electron chi connectivity index (χ2n) is 4.91. The summed E-state index contributed by atoms with van der Waals surface area (Å²) in [5, 5.41) is 2.71. The molecular weight excluding hydrogens is 283 g/mol. The van der Waals surface area contributed by atoms with Crippen molar-refractivity contribution in [3.05, 3.63) is 59.7 Å². The van der Waals surface area contributed by atoms with Gasteiger partial charge in [0, 0.05) is 13.0 Å². The van der Waals surface area contributed by atoms with Gasteiger partial charge in [-0.3, -0.25) is 4.79 Å². The number of H-pyrrole nitrogens is 1. The Labute approximate surface area is 126 Å². The Balaban J connectivity index is 1.63. The molecule has 6 heteroatoms. The molecule has 2 aromatic carbocycles. The van der Waals surface area contributed by atoms with Crippen molar-refractivity contribution in [3.8, 4) is 0 Å². The Kier molecular flexibility index (Phi) is 3.74. The molecule has 0 aliphatic rings. The Morgan fingerprint density at radius 2 is 2.05 bits per heavy atom. The van der Waals surface area contributed by atoms with Crippen molar-refractivity contribution in [1.29, 1.82) is 0 Å². The Bertz CT molecular complexity index is 795. The maximum atomic E-state index is 13.3. The lowest BCUT2D eigenvalue weighted by molar-refractivity contribution is 0.0954. The van der Waals surface area contributed by atoms with Gasteiger partial charge in [0.1, 0.15) is 11.6 Å². The molecule has 3 aromatic rings. The molecule has 1 amide bonds. The molecule has 0 fully saturated rings. The van der Waals surface area contributed by atoms with E-state index in [9.17, 15) is 9.18 Å². The van der Waals surface area contributed by atoms with Crippen LogP contribution in [-0.2, 0) is 6.42 Å². The van der Waals surface area contributed by atoms with Gasteiger partial charge >= 0.3 is 0 Å². The number of para-hydroxylation sites is 3. The van der Waals surface area contributed by atoms with Crippen molar-refractivity contribution in [2.24, 2.45) is 0 Å². The molecule has 0 bridgehead atoms. The summed E-state index contributed by atoms with van der Waals surface area (Å²) < 4.78 is 13.3. The predicted octanol–water partition coefficient (Wildman–Crippen LogP) is 2.26. The molecule has 0 aliphatic carbocycles. The van der Waals surface area contributed by atoms with Crippen LogP contribution in [0.3, 0.4) is 0 Å². The number of amides is 1. The maximum absolute atomic E-state index is 13.3. The third-order valence-corrected chi connectivity index (χ3v) is 3.38. The van der Waals surface area contributed by atoms with E-state index in [-0.39, 0.29) is 11.3 Å². The SMILES string of the molecule is Nc1c(F)cccc1C(=O)NCCc1nc2ccccc2[nH]1. The number of anilines is 1. The molecule has 112 valence electrons. The molecular formula is C16H15FN4O. The third-order valence-electron chi connectivity index (χ3n) is 3.38. The van der Waals surface area contributed by atoms with Crippen LogP contribution in [0.2, 0.25) is 0 Å². The fourth-order valence-electron chi connectivity index (χ4n) is 2.25. The number of aromatic nitrogens is 2. The van der Waals surface area contributed by atoms with E-state index in [0.717, 1.165) is 16.9 Å². The van der Waals surface area contributed by atoms with Gasteiger partial charge in [0.15, 0.2) is 0 Å². The van der Waals surface area contributed by atoms with Crippen LogP contribution in [0.25, 0.3) is 11.0 Å². The van der Waals surface area contributed by atoms with Gasteiger partial charge in [-0.25, -0.2) is 9.37 Å². The molecule has 0 saturated carbocycles. The van der Waals surface area contributed by atoms with E-state index >= 15 is 0 Å². The minimum absolute atomic E-state index is 0.135. The largest absolute Gasteiger partial charge is 0.396 e. The van der Waals surface area contributed by atoms with Gasteiger partial charge in [0.2, 0.25) is 0 Å². The monoisotopic (exact) mass is 298 g/mol. The van der Waals surface area contributed by atoms with Crippen molar-refractivity contribution >= 4 is 22.6 Å². The molecule has 5 nitrogen and oxygen atoms in total. The van der Waals surface area contributed by atoms with Gasteiger partial charge in [0.05, 0.1) is 22.3 Å². The highest BCUT2D eigenvalue weighted by Gasteiger charge is 2.12. The Hall–Kier alpha value is -2.89. The van der Waals surface area contributed by atoms with E-state index in [1.165, 1.54) is 18.2 Å². The van der Waals surface area contributed by atoms with Gasteiger partial charge in [-0.1, -0.05) is 18.2 Å². The lowest BCUT2D eigenvalue weighted by atomic mass is 10.1. The van der Waals surface area contributed by atoms with E-state index in [4.69, 9.17) is 5.73 Å². The summed E-state index contributed by atoms with van der Waals surface area (Å²) in [4.78, 5) is 19.6. The molecule has 0 unspecified atom stereocenters. The van der Waals surface area contributed by atoms with E-state index in [2.05, 4.69) is 15.3 Å². The Morgan fingerprint density at radius 1 is 1.23 bits per heavy atom. The highest BCUT2D eigenvalue weighted by Crippen LogP contribution is 2.15. The summed E-state index contributed by atoms with van der Waals surface area (Å²) in [6.45, 7) is 0.384. The number of hydrogen-bond acceptors (Lipinski definition) is 3. The first-order valence-corrected chi connectivity index (χ1v) is 6.91. The Morgan fingerprint density at radius 3 is 2.86 bits per heavy atom. The lowest BCUT2D eigenvalue weighted by Gasteiger charge is -2.07. The molecule has 1 aromatic heterocycles. The van der Waals surface area contributed by atoms with Gasteiger partial charge in [-0.05, 0) is 24.3 Å². The summed E-state index contributed by atoms with van der Waals surface area (Å²) in [5.41, 5.74) is 7.41. The number of aromatic amines is 1. The molecule has 0 aliphatic heterocycles. The van der Waals surface area contributed by atoms with Crippen molar-refractivity contribution in [1.82, 2.24) is 15.3 Å². The second-order valence-corrected chi connectivity index (χ2v) is 4.91. The highest BCUT2D eigenvalue weighted by atomic mass is 19.1. The van der Waals surface area contributed by atoms with Crippen LogP contribution < -0.4 is 11.1 Å². The molecule has 0 spiro atoms. The maximum Gasteiger partial charge on any atom is 0.253 e. The molecule has 1 heterocycles. The summed E-state index contributed by atoms with van der Waals surface area (Å²) in [7, 11) is 0. The third kappa shape index (κ3) is 2.76. The number of hydrogen-bond donors (Lipinski definition) is 3. The summed E-state index contributed by atoms with van der Waals surface area (Å²) >= 11 is 0. The summed E-state index contributed by atoms with van der Waals surface area (Å²) in [6, 6.07) is 11.9. The first-order valence-electron chi connectivity index (χ1n) is 6.91. The van der Waals surface area contributed by atoms with Gasteiger partial charge in [-0.15, -0.1) is 0 Å². The number of nitrogens with two attached hydrogens (primary N) is 1. The van der Waals surface area contributed by atoms with Gasteiger partial charge < -0.3 is 16.0 Å². The van der Waals surface area contributed by atoms with Gasteiger partial charge in [0.25, 0.3) is 5.91 Å². The van der Waals surface area contributed by atoms with E-state index in [1.807, 2.05) is 24.3 Å². The topological polar surface area (TPSA) is 83.8 Å². The number of nitrogen functional groups attached to an aromatic ring is 1. The van der Waals surface area contributed by atoms with Crippen molar-refractivity contribution < 1.29 is 9.18 Å². The number of nitrogens with one attached hydrogen (secondary N) is 2. The van der Waals surface area contributed by atoms with Crippen LogP contribution in [-0.4, -0.2) is 22.4 Å². The van der Waals surface area contributed by atoms with Crippen molar-refractivity contribution in [2.75, 3.05) is 12.3 Å². The number of fused-ring (bicyclic) bond motifs is 1. The number of rotatable bonds is 4. The van der Waals surface area contributed by atoms with Crippen LogP contribution in [0.15, 0.2) is 42.5 Å². The minimum Gasteiger partial charge on any atom is -0.396 e. The fourth-order valence-corrected chi connectivity index (χ4v) is 2.25. The quantitative estimate of drug-likeness (QED) is 0.646. The van der Waals surface area contributed by atoms with Crippen LogP contribution in [0.5, 0.6) is 0 Å².